The van der Waals surface area contributed by atoms with Gasteiger partial charge in [-0.3, -0.25) is 0 Å². The van der Waals surface area contributed by atoms with Gasteiger partial charge < -0.3 is 25.4 Å². The zero-order valence-corrected chi connectivity index (χ0v) is 21.0. The van der Waals surface area contributed by atoms with Crippen LogP contribution in [0.1, 0.15) is 31.2 Å². The Hall–Kier alpha value is -2.26. The summed E-state index contributed by atoms with van der Waals surface area (Å²) in [5.74, 6) is 1.69. The van der Waals surface area contributed by atoms with Gasteiger partial charge in [-0.25, -0.2) is 4.98 Å². The van der Waals surface area contributed by atoms with Gasteiger partial charge in [0, 0.05) is 49.9 Å². The van der Waals surface area contributed by atoms with Crippen LogP contribution in [0.3, 0.4) is 0 Å². The van der Waals surface area contributed by atoms with E-state index in [0.29, 0.717) is 17.8 Å². The molecule has 170 valence electrons. The van der Waals surface area contributed by atoms with Gasteiger partial charge in [-0.15, -0.1) is 0 Å². The SMILES string of the molecule is COc1cc(CN[C@H]2CC[C@@H](Nc3cc(N(C)C)c4ccccc4n3)CC2)cc(I)c1O. The summed E-state index contributed by atoms with van der Waals surface area (Å²) in [5, 5.41) is 18.6. The number of pyridine rings is 1. The van der Waals surface area contributed by atoms with E-state index in [1.165, 1.54) is 11.1 Å². The molecule has 7 heteroatoms. The fraction of sp³-hybridized carbons (Fsp3) is 0.400. The minimum atomic E-state index is 0.211. The average molecular weight is 546 g/mol. The van der Waals surface area contributed by atoms with Crippen molar-refractivity contribution in [1.29, 1.82) is 0 Å². The van der Waals surface area contributed by atoms with Gasteiger partial charge in [-0.2, -0.15) is 0 Å². The molecular weight excluding hydrogens is 515 g/mol. The average Bonchev–Trinajstić information content (AvgIpc) is 2.80. The number of nitrogens with one attached hydrogen (secondary N) is 2. The lowest BCUT2D eigenvalue weighted by Crippen LogP contribution is -2.36. The number of rotatable bonds is 7. The summed E-state index contributed by atoms with van der Waals surface area (Å²) in [4.78, 5) is 7.00. The van der Waals surface area contributed by atoms with Gasteiger partial charge in [0.2, 0.25) is 0 Å². The van der Waals surface area contributed by atoms with E-state index in [-0.39, 0.29) is 5.75 Å². The number of methoxy groups -OCH3 is 1. The highest BCUT2D eigenvalue weighted by Gasteiger charge is 2.22. The van der Waals surface area contributed by atoms with E-state index < -0.39 is 0 Å². The summed E-state index contributed by atoms with van der Waals surface area (Å²) in [5.41, 5.74) is 3.34. The molecule has 0 radical (unpaired) electrons. The van der Waals surface area contributed by atoms with E-state index in [2.05, 4.69) is 76.5 Å². The maximum absolute atomic E-state index is 10.0. The molecule has 32 heavy (non-hydrogen) atoms. The molecule has 0 atom stereocenters. The van der Waals surface area contributed by atoms with Crippen molar-refractivity contribution in [3.8, 4) is 11.5 Å². The molecule has 0 spiro atoms. The van der Waals surface area contributed by atoms with E-state index in [0.717, 1.165) is 52.7 Å². The highest BCUT2D eigenvalue weighted by atomic mass is 127. The predicted octanol–water partition coefficient (Wildman–Crippen LogP) is 5.13. The summed E-state index contributed by atoms with van der Waals surface area (Å²) in [6.07, 6.45) is 4.47. The van der Waals surface area contributed by atoms with Crippen LogP contribution in [0, 0.1) is 3.57 Å². The molecule has 1 aliphatic rings. The number of hydrogen-bond acceptors (Lipinski definition) is 6. The second-order valence-corrected chi connectivity index (χ2v) is 9.80. The van der Waals surface area contributed by atoms with Gasteiger partial charge in [0.15, 0.2) is 11.5 Å². The molecule has 6 nitrogen and oxygen atoms in total. The largest absolute Gasteiger partial charge is 0.504 e. The minimum Gasteiger partial charge on any atom is -0.504 e. The summed E-state index contributed by atoms with van der Waals surface area (Å²) in [6, 6.07) is 15.3. The molecule has 1 aliphatic carbocycles. The second-order valence-electron chi connectivity index (χ2n) is 8.64. The Bertz CT molecular complexity index is 1080. The van der Waals surface area contributed by atoms with E-state index >= 15 is 0 Å². The molecule has 0 aliphatic heterocycles. The van der Waals surface area contributed by atoms with Gasteiger partial charge in [0.1, 0.15) is 5.82 Å². The van der Waals surface area contributed by atoms with Crippen LogP contribution in [0.25, 0.3) is 10.9 Å². The maximum Gasteiger partial charge on any atom is 0.171 e. The summed E-state index contributed by atoms with van der Waals surface area (Å²) < 4.78 is 6.09. The first-order valence-corrected chi connectivity index (χ1v) is 12.1. The molecule has 1 heterocycles. The number of para-hydroxylation sites is 1. The number of fused-ring (bicyclic) bond motifs is 1. The second kappa shape index (κ2) is 10.1. The van der Waals surface area contributed by atoms with Gasteiger partial charge in [0.05, 0.1) is 16.2 Å². The molecule has 1 saturated carbocycles. The molecule has 0 bridgehead atoms. The number of phenolic OH excluding ortho intramolecular Hbond substituents is 1. The lowest BCUT2D eigenvalue weighted by Gasteiger charge is -2.30. The van der Waals surface area contributed by atoms with Crippen LogP contribution in [-0.2, 0) is 6.54 Å². The van der Waals surface area contributed by atoms with Gasteiger partial charge in [0.25, 0.3) is 0 Å². The standard InChI is InChI=1S/C25H31IN4O2/c1-30(2)22-14-24(29-21-7-5-4-6-19(21)22)28-18-10-8-17(9-11-18)27-15-16-12-20(26)25(31)23(13-16)32-3/h4-7,12-14,17-18,27,31H,8-11,15H2,1-3H3,(H,28,29)/t17-,18+. The molecule has 3 N–H and O–H groups in total. The van der Waals surface area contributed by atoms with Crippen LogP contribution in [0.4, 0.5) is 11.5 Å². The quantitative estimate of drug-likeness (QED) is 0.357. The summed E-state index contributed by atoms with van der Waals surface area (Å²) >= 11 is 2.14. The van der Waals surface area contributed by atoms with Crippen LogP contribution >= 0.6 is 22.6 Å². The number of ether oxygens (including phenoxy) is 1. The minimum absolute atomic E-state index is 0.211. The number of aromatic nitrogens is 1. The van der Waals surface area contributed by atoms with E-state index in [9.17, 15) is 5.11 Å². The Morgan fingerprint density at radius 1 is 1.09 bits per heavy atom. The highest BCUT2D eigenvalue weighted by Crippen LogP contribution is 2.33. The van der Waals surface area contributed by atoms with Crippen molar-refractivity contribution < 1.29 is 9.84 Å². The first-order valence-electron chi connectivity index (χ1n) is 11.1. The number of halogens is 1. The van der Waals surface area contributed by atoms with Crippen LogP contribution in [0.2, 0.25) is 0 Å². The smallest absolute Gasteiger partial charge is 0.171 e. The predicted molar refractivity (Wildman–Crippen MR) is 140 cm³/mol. The molecule has 1 fully saturated rings. The Labute approximate surface area is 203 Å². The van der Waals surface area contributed by atoms with Crippen molar-refractivity contribution in [2.45, 2.75) is 44.3 Å². The topological polar surface area (TPSA) is 69.7 Å². The third kappa shape index (κ3) is 5.20. The van der Waals surface area contributed by atoms with Gasteiger partial charge in [-0.1, -0.05) is 18.2 Å². The van der Waals surface area contributed by atoms with Crippen LogP contribution in [0.15, 0.2) is 42.5 Å². The Morgan fingerprint density at radius 2 is 1.81 bits per heavy atom. The van der Waals surface area contributed by atoms with Crippen molar-refractivity contribution in [3.63, 3.8) is 0 Å². The number of anilines is 2. The van der Waals surface area contributed by atoms with Crippen LogP contribution in [0.5, 0.6) is 11.5 Å². The molecule has 4 rings (SSSR count). The Kier molecular flexibility index (Phi) is 7.25. The number of hydrogen-bond donors (Lipinski definition) is 3. The molecule has 0 unspecified atom stereocenters. The third-order valence-corrected chi connectivity index (χ3v) is 6.98. The molecule has 1 aromatic heterocycles. The van der Waals surface area contributed by atoms with E-state index in [1.54, 1.807) is 7.11 Å². The molecule has 0 amide bonds. The zero-order valence-electron chi connectivity index (χ0n) is 18.9. The summed E-state index contributed by atoms with van der Waals surface area (Å²) in [6.45, 7) is 0.772. The van der Waals surface area contributed by atoms with Gasteiger partial charge >= 0.3 is 0 Å². The lowest BCUT2D eigenvalue weighted by atomic mass is 9.91. The third-order valence-electron chi connectivity index (χ3n) is 6.16. The molecule has 2 aromatic carbocycles. The fourth-order valence-electron chi connectivity index (χ4n) is 4.40. The lowest BCUT2D eigenvalue weighted by molar-refractivity contribution is 0.351. The normalized spacial score (nSPS) is 18.5. The Balaban J connectivity index is 1.34. The number of phenols is 1. The highest BCUT2D eigenvalue weighted by molar-refractivity contribution is 14.1. The van der Waals surface area contributed by atoms with Crippen molar-refractivity contribution in [3.05, 3.63) is 51.6 Å². The van der Waals surface area contributed by atoms with Crippen LogP contribution < -0.4 is 20.3 Å². The van der Waals surface area contributed by atoms with E-state index in [4.69, 9.17) is 9.72 Å². The number of nitrogens with zero attached hydrogens (tertiary/aromatic N) is 2. The van der Waals surface area contributed by atoms with E-state index in [1.807, 2.05) is 18.2 Å². The van der Waals surface area contributed by atoms with Crippen molar-refractivity contribution in [1.82, 2.24) is 10.3 Å². The van der Waals surface area contributed by atoms with Crippen molar-refractivity contribution >= 4 is 45.0 Å². The number of aromatic hydroxyl groups is 1. The maximum atomic E-state index is 10.0. The number of benzene rings is 2. The van der Waals surface area contributed by atoms with Gasteiger partial charge in [-0.05, 0) is 72.0 Å². The fourth-order valence-corrected chi connectivity index (χ4v) is 5.06. The molecule has 0 saturated heterocycles. The monoisotopic (exact) mass is 546 g/mol. The summed E-state index contributed by atoms with van der Waals surface area (Å²) in [7, 11) is 5.74. The first-order chi connectivity index (χ1) is 15.4. The zero-order chi connectivity index (χ0) is 22.7. The Morgan fingerprint density at radius 3 is 2.53 bits per heavy atom. The van der Waals surface area contributed by atoms with Crippen molar-refractivity contribution in [2.24, 2.45) is 0 Å². The first kappa shape index (κ1) is 22.9. The molecular formula is C25H31IN4O2. The van der Waals surface area contributed by atoms with Crippen molar-refractivity contribution in [2.75, 3.05) is 31.4 Å². The van der Waals surface area contributed by atoms with Crippen LogP contribution in [-0.4, -0.2) is 43.4 Å². The molecule has 3 aromatic rings.